The summed E-state index contributed by atoms with van der Waals surface area (Å²) in [5.41, 5.74) is 0.479. The fourth-order valence-electron chi connectivity index (χ4n) is 1.95. The predicted molar refractivity (Wildman–Crippen MR) is 73.9 cm³/mol. The Kier molecular flexibility index (Phi) is 5.76. The molecule has 5 heteroatoms. The van der Waals surface area contributed by atoms with Crippen LogP contribution in [0.4, 0.5) is 0 Å². The molecule has 0 bridgehead atoms. The van der Waals surface area contributed by atoms with E-state index in [-0.39, 0.29) is 30.0 Å². The summed E-state index contributed by atoms with van der Waals surface area (Å²) < 4.78 is 1.39. The van der Waals surface area contributed by atoms with Crippen molar-refractivity contribution in [2.45, 2.75) is 39.8 Å². The quantitative estimate of drug-likeness (QED) is 0.795. The number of carbonyl (C=O) groups excluding carboxylic acids is 1. The van der Waals surface area contributed by atoms with Crippen LogP contribution in [0.2, 0.25) is 0 Å². The highest BCUT2D eigenvalue weighted by Crippen LogP contribution is 2.03. The third-order valence-corrected chi connectivity index (χ3v) is 2.92. The highest BCUT2D eigenvalue weighted by Gasteiger charge is 2.09. The number of aryl methyl sites for hydroxylation is 1. The average molecular weight is 266 g/mol. The molecule has 0 saturated carbocycles. The van der Waals surface area contributed by atoms with Crippen molar-refractivity contribution < 1.29 is 9.90 Å². The van der Waals surface area contributed by atoms with Gasteiger partial charge in [0.05, 0.1) is 6.10 Å². The van der Waals surface area contributed by atoms with Crippen molar-refractivity contribution in [1.29, 1.82) is 0 Å². The molecule has 1 aromatic heterocycles. The van der Waals surface area contributed by atoms with Crippen LogP contribution in [0.3, 0.4) is 0 Å². The Labute approximate surface area is 113 Å². The number of nitrogens with zero attached hydrogens (tertiary/aromatic N) is 1. The number of nitrogens with one attached hydrogen (secondary N) is 1. The average Bonchev–Trinajstić information content (AvgIpc) is 2.32. The van der Waals surface area contributed by atoms with Crippen LogP contribution in [0.25, 0.3) is 0 Å². The molecule has 0 spiro atoms. The molecule has 1 rings (SSSR count). The van der Waals surface area contributed by atoms with Crippen LogP contribution in [0.5, 0.6) is 0 Å². The van der Waals surface area contributed by atoms with E-state index in [1.807, 2.05) is 6.92 Å². The van der Waals surface area contributed by atoms with Gasteiger partial charge >= 0.3 is 0 Å². The Morgan fingerprint density at radius 2 is 2.16 bits per heavy atom. The van der Waals surface area contributed by atoms with Gasteiger partial charge in [0.2, 0.25) is 5.91 Å². The lowest BCUT2D eigenvalue weighted by Gasteiger charge is -2.14. The van der Waals surface area contributed by atoms with E-state index >= 15 is 0 Å². The number of carbonyl (C=O) groups is 1. The van der Waals surface area contributed by atoms with Gasteiger partial charge in [-0.15, -0.1) is 0 Å². The standard InChI is InChI=1S/C14H22N2O3/c1-10(7-12(3)17)8-15-13(18)9-16-6-4-5-11(2)14(16)19/h4-6,10,12,17H,7-9H2,1-3H3,(H,15,18). The maximum Gasteiger partial charge on any atom is 0.253 e. The minimum atomic E-state index is -0.369. The van der Waals surface area contributed by atoms with Crippen molar-refractivity contribution in [3.8, 4) is 0 Å². The highest BCUT2D eigenvalue weighted by atomic mass is 16.3. The summed E-state index contributed by atoms with van der Waals surface area (Å²) in [6.07, 6.45) is 1.88. The van der Waals surface area contributed by atoms with E-state index in [1.165, 1.54) is 4.57 Å². The first-order chi connectivity index (χ1) is 8.90. The van der Waals surface area contributed by atoms with Crippen molar-refractivity contribution in [2.24, 2.45) is 5.92 Å². The first-order valence-electron chi connectivity index (χ1n) is 6.51. The van der Waals surface area contributed by atoms with Gasteiger partial charge in [0.15, 0.2) is 0 Å². The molecule has 2 N–H and O–H groups in total. The molecule has 106 valence electrons. The van der Waals surface area contributed by atoms with Gasteiger partial charge in [-0.25, -0.2) is 0 Å². The van der Waals surface area contributed by atoms with E-state index in [0.29, 0.717) is 18.5 Å². The zero-order chi connectivity index (χ0) is 14.4. The minimum Gasteiger partial charge on any atom is -0.393 e. The van der Waals surface area contributed by atoms with E-state index in [1.54, 1.807) is 32.2 Å². The van der Waals surface area contributed by atoms with Crippen LogP contribution in [0, 0.1) is 12.8 Å². The van der Waals surface area contributed by atoms with Gasteiger partial charge in [-0.2, -0.15) is 0 Å². The summed E-state index contributed by atoms with van der Waals surface area (Å²) in [5.74, 6) is 0.0170. The van der Waals surface area contributed by atoms with Gasteiger partial charge in [0, 0.05) is 18.3 Å². The molecule has 0 aliphatic carbocycles. The minimum absolute atomic E-state index is 0.0297. The van der Waals surface area contributed by atoms with Crippen LogP contribution in [0.15, 0.2) is 23.1 Å². The first-order valence-corrected chi connectivity index (χ1v) is 6.51. The molecule has 0 aromatic carbocycles. The molecule has 1 amide bonds. The van der Waals surface area contributed by atoms with E-state index in [2.05, 4.69) is 5.32 Å². The van der Waals surface area contributed by atoms with Gasteiger partial charge in [-0.3, -0.25) is 9.59 Å². The number of rotatable bonds is 6. The second kappa shape index (κ2) is 7.09. The Bertz CT molecular complexity index is 480. The Morgan fingerprint density at radius 3 is 2.79 bits per heavy atom. The molecule has 0 radical (unpaired) electrons. The van der Waals surface area contributed by atoms with E-state index in [0.717, 1.165) is 0 Å². The fourth-order valence-corrected chi connectivity index (χ4v) is 1.95. The van der Waals surface area contributed by atoms with Crippen molar-refractivity contribution >= 4 is 5.91 Å². The summed E-state index contributed by atoms with van der Waals surface area (Å²) in [5, 5.41) is 12.0. The molecule has 2 atom stereocenters. The van der Waals surface area contributed by atoms with Gasteiger partial charge in [0.1, 0.15) is 6.54 Å². The molecule has 0 aliphatic rings. The van der Waals surface area contributed by atoms with E-state index in [4.69, 9.17) is 0 Å². The summed E-state index contributed by atoms with van der Waals surface area (Å²) >= 11 is 0. The van der Waals surface area contributed by atoms with Gasteiger partial charge in [0.25, 0.3) is 5.56 Å². The second-order valence-corrected chi connectivity index (χ2v) is 5.12. The molecule has 1 heterocycles. The number of hydrogen-bond donors (Lipinski definition) is 2. The zero-order valence-electron chi connectivity index (χ0n) is 11.7. The maximum atomic E-state index is 11.7. The Hall–Kier alpha value is -1.62. The number of aliphatic hydroxyl groups excluding tert-OH is 1. The van der Waals surface area contributed by atoms with Crippen LogP contribution < -0.4 is 10.9 Å². The normalized spacial score (nSPS) is 13.9. The molecule has 0 saturated heterocycles. The van der Waals surface area contributed by atoms with Crippen molar-refractivity contribution in [2.75, 3.05) is 6.54 Å². The molecular formula is C14H22N2O3. The third-order valence-electron chi connectivity index (χ3n) is 2.92. The van der Waals surface area contributed by atoms with Crippen molar-refractivity contribution in [3.05, 3.63) is 34.2 Å². The highest BCUT2D eigenvalue weighted by molar-refractivity contribution is 5.75. The number of aliphatic hydroxyl groups is 1. The largest absolute Gasteiger partial charge is 0.393 e. The Morgan fingerprint density at radius 1 is 1.47 bits per heavy atom. The number of pyridine rings is 1. The van der Waals surface area contributed by atoms with E-state index in [9.17, 15) is 14.7 Å². The lowest BCUT2D eigenvalue weighted by molar-refractivity contribution is -0.121. The molecule has 0 aliphatic heterocycles. The van der Waals surface area contributed by atoms with Crippen molar-refractivity contribution in [1.82, 2.24) is 9.88 Å². The smallest absolute Gasteiger partial charge is 0.253 e. The van der Waals surface area contributed by atoms with Crippen LogP contribution in [-0.2, 0) is 11.3 Å². The van der Waals surface area contributed by atoms with Crippen LogP contribution >= 0.6 is 0 Å². The van der Waals surface area contributed by atoms with E-state index < -0.39 is 0 Å². The van der Waals surface area contributed by atoms with Crippen molar-refractivity contribution in [3.63, 3.8) is 0 Å². The summed E-state index contributed by atoms with van der Waals surface area (Å²) in [6, 6.07) is 3.47. The first kappa shape index (κ1) is 15.4. The lowest BCUT2D eigenvalue weighted by atomic mass is 10.1. The Balaban J connectivity index is 2.48. The zero-order valence-corrected chi connectivity index (χ0v) is 11.7. The van der Waals surface area contributed by atoms with Crippen LogP contribution in [-0.4, -0.2) is 28.2 Å². The maximum absolute atomic E-state index is 11.7. The topological polar surface area (TPSA) is 71.3 Å². The monoisotopic (exact) mass is 266 g/mol. The summed E-state index contributed by atoms with van der Waals surface area (Å²) in [7, 11) is 0. The summed E-state index contributed by atoms with van der Waals surface area (Å²) in [4.78, 5) is 23.5. The second-order valence-electron chi connectivity index (χ2n) is 5.12. The SMILES string of the molecule is Cc1cccn(CC(=O)NCC(C)CC(C)O)c1=O. The fraction of sp³-hybridized carbons (Fsp3) is 0.571. The number of hydrogen-bond acceptors (Lipinski definition) is 3. The molecule has 2 unspecified atom stereocenters. The molecule has 5 nitrogen and oxygen atoms in total. The molecule has 0 fully saturated rings. The third kappa shape index (κ3) is 5.26. The van der Waals surface area contributed by atoms with Gasteiger partial charge < -0.3 is 15.0 Å². The number of amides is 1. The van der Waals surface area contributed by atoms with Crippen LogP contribution in [0.1, 0.15) is 25.8 Å². The lowest BCUT2D eigenvalue weighted by Crippen LogP contribution is -2.35. The molecule has 1 aromatic rings. The number of aromatic nitrogens is 1. The van der Waals surface area contributed by atoms with Gasteiger partial charge in [-0.1, -0.05) is 13.0 Å². The molecular weight excluding hydrogens is 244 g/mol. The van der Waals surface area contributed by atoms with Gasteiger partial charge in [-0.05, 0) is 32.3 Å². The molecule has 19 heavy (non-hydrogen) atoms. The summed E-state index contributed by atoms with van der Waals surface area (Å²) in [6.45, 7) is 5.95. The predicted octanol–water partition coefficient (Wildman–Crippen LogP) is 0.680.